The first-order valence-electron chi connectivity index (χ1n) is 9.12. The Balaban J connectivity index is 1.45. The molecule has 3 rings (SSSR count). The highest BCUT2D eigenvalue weighted by molar-refractivity contribution is 5.94. The summed E-state index contributed by atoms with van der Waals surface area (Å²) >= 11 is 0. The SMILES string of the molecule is N#Cc1cccc(NCC(=O)NCc2ccc(C(=O)N3CCOCC3)cc2)c1. The molecule has 0 bridgehead atoms. The molecule has 144 valence electrons. The first-order valence-corrected chi connectivity index (χ1v) is 9.12. The van der Waals surface area contributed by atoms with Gasteiger partial charge in [-0.2, -0.15) is 5.26 Å². The average Bonchev–Trinajstić information content (AvgIpc) is 2.77. The minimum atomic E-state index is -0.157. The second-order valence-corrected chi connectivity index (χ2v) is 6.42. The van der Waals surface area contributed by atoms with Gasteiger partial charge in [-0.15, -0.1) is 0 Å². The Kier molecular flexibility index (Phi) is 6.60. The molecule has 7 heteroatoms. The number of nitrogens with one attached hydrogen (secondary N) is 2. The molecule has 0 saturated carbocycles. The van der Waals surface area contributed by atoms with E-state index in [0.29, 0.717) is 44.0 Å². The number of benzene rings is 2. The lowest BCUT2D eigenvalue weighted by Crippen LogP contribution is -2.40. The number of carbonyl (C=O) groups excluding carboxylic acids is 2. The predicted molar refractivity (Wildman–Crippen MR) is 105 cm³/mol. The van der Waals surface area contributed by atoms with Crippen molar-refractivity contribution in [2.45, 2.75) is 6.54 Å². The lowest BCUT2D eigenvalue weighted by Gasteiger charge is -2.26. The van der Waals surface area contributed by atoms with E-state index >= 15 is 0 Å². The zero-order chi connectivity index (χ0) is 19.8. The summed E-state index contributed by atoms with van der Waals surface area (Å²) in [5, 5.41) is 14.7. The van der Waals surface area contributed by atoms with E-state index in [4.69, 9.17) is 10.00 Å². The number of morpholine rings is 1. The zero-order valence-corrected chi connectivity index (χ0v) is 15.5. The molecule has 7 nitrogen and oxygen atoms in total. The number of hydrogen-bond donors (Lipinski definition) is 2. The highest BCUT2D eigenvalue weighted by Gasteiger charge is 2.18. The number of carbonyl (C=O) groups is 2. The van der Waals surface area contributed by atoms with Crippen LogP contribution in [-0.2, 0) is 16.1 Å². The van der Waals surface area contributed by atoms with Crippen molar-refractivity contribution in [3.8, 4) is 6.07 Å². The van der Waals surface area contributed by atoms with Crippen molar-refractivity contribution in [1.29, 1.82) is 5.26 Å². The number of nitriles is 1. The fourth-order valence-electron chi connectivity index (χ4n) is 2.86. The summed E-state index contributed by atoms with van der Waals surface area (Å²) in [7, 11) is 0. The summed E-state index contributed by atoms with van der Waals surface area (Å²) < 4.78 is 5.27. The van der Waals surface area contributed by atoms with Crippen LogP contribution in [0.1, 0.15) is 21.5 Å². The Bertz CT molecular complexity index is 868. The van der Waals surface area contributed by atoms with Crippen molar-refractivity contribution in [2.24, 2.45) is 0 Å². The highest BCUT2D eigenvalue weighted by Crippen LogP contribution is 2.10. The number of rotatable bonds is 6. The quantitative estimate of drug-likeness (QED) is 0.799. The van der Waals surface area contributed by atoms with Crippen molar-refractivity contribution in [3.63, 3.8) is 0 Å². The van der Waals surface area contributed by atoms with Gasteiger partial charge in [-0.3, -0.25) is 9.59 Å². The van der Waals surface area contributed by atoms with Gasteiger partial charge in [0.05, 0.1) is 31.4 Å². The van der Waals surface area contributed by atoms with Crippen molar-refractivity contribution < 1.29 is 14.3 Å². The first-order chi connectivity index (χ1) is 13.7. The van der Waals surface area contributed by atoms with Crippen molar-refractivity contribution in [3.05, 3.63) is 65.2 Å². The molecular weight excluding hydrogens is 356 g/mol. The lowest BCUT2D eigenvalue weighted by molar-refractivity contribution is -0.119. The minimum absolute atomic E-state index is 0.00249. The zero-order valence-electron chi connectivity index (χ0n) is 15.5. The number of amides is 2. The fourth-order valence-corrected chi connectivity index (χ4v) is 2.86. The van der Waals surface area contributed by atoms with Gasteiger partial charge in [-0.1, -0.05) is 18.2 Å². The maximum Gasteiger partial charge on any atom is 0.254 e. The van der Waals surface area contributed by atoms with Gasteiger partial charge in [0.2, 0.25) is 5.91 Å². The molecule has 0 aliphatic carbocycles. The van der Waals surface area contributed by atoms with Crippen molar-refractivity contribution >= 4 is 17.5 Å². The standard InChI is InChI=1S/C21H22N4O3/c22-13-17-2-1-3-19(12-17)23-15-20(26)24-14-16-4-6-18(7-5-16)21(27)25-8-10-28-11-9-25/h1-7,12,23H,8-11,14-15H2,(H,24,26). The number of nitrogens with zero attached hydrogens (tertiary/aromatic N) is 2. The fraction of sp³-hybridized carbons (Fsp3) is 0.286. The van der Waals surface area contributed by atoms with Crippen molar-refractivity contribution in [1.82, 2.24) is 10.2 Å². The van der Waals surface area contributed by atoms with Crippen LogP contribution in [0, 0.1) is 11.3 Å². The normalized spacial score (nSPS) is 13.5. The van der Waals surface area contributed by atoms with Gasteiger partial charge < -0.3 is 20.3 Å². The van der Waals surface area contributed by atoms with Gasteiger partial charge in [-0.25, -0.2) is 0 Å². The summed E-state index contributed by atoms with van der Waals surface area (Å²) in [5.74, 6) is -0.154. The van der Waals surface area contributed by atoms with Crippen LogP contribution in [0.4, 0.5) is 5.69 Å². The monoisotopic (exact) mass is 378 g/mol. The summed E-state index contributed by atoms with van der Waals surface area (Å²) in [6.07, 6.45) is 0. The second-order valence-electron chi connectivity index (χ2n) is 6.42. The third-order valence-electron chi connectivity index (χ3n) is 4.43. The summed E-state index contributed by atoms with van der Waals surface area (Å²) in [4.78, 5) is 26.2. The molecular formula is C21H22N4O3. The molecule has 2 aromatic carbocycles. The van der Waals surface area contributed by atoms with Gasteiger partial charge in [0.1, 0.15) is 0 Å². The third-order valence-corrected chi connectivity index (χ3v) is 4.43. The van der Waals surface area contributed by atoms with E-state index < -0.39 is 0 Å². The van der Waals surface area contributed by atoms with Gasteiger partial charge in [0, 0.05) is 30.9 Å². The van der Waals surface area contributed by atoms with Crippen LogP contribution in [0.5, 0.6) is 0 Å². The van der Waals surface area contributed by atoms with E-state index in [1.807, 2.05) is 12.1 Å². The molecule has 28 heavy (non-hydrogen) atoms. The molecule has 0 aromatic heterocycles. The van der Waals surface area contributed by atoms with Crippen LogP contribution in [0.3, 0.4) is 0 Å². The largest absolute Gasteiger partial charge is 0.378 e. The van der Waals surface area contributed by atoms with Gasteiger partial charge >= 0.3 is 0 Å². The van der Waals surface area contributed by atoms with Crippen LogP contribution < -0.4 is 10.6 Å². The van der Waals surface area contributed by atoms with Crippen LogP contribution in [0.15, 0.2) is 48.5 Å². The lowest BCUT2D eigenvalue weighted by atomic mass is 10.1. The molecule has 1 heterocycles. The van der Waals surface area contributed by atoms with E-state index in [1.165, 1.54) is 0 Å². The Morgan fingerprint density at radius 2 is 1.86 bits per heavy atom. The topological polar surface area (TPSA) is 94.5 Å². The van der Waals surface area contributed by atoms with E-state index in [2.05, 4.69) is 16.7 Å². The average molecular weight is 378 g/mol. The molecule has 1 aliphatic heterocycles. The molecule has 0 unspecified atom stereocenters. The molecule has 1 aliphatic rings. The van der Waals surface area contributed by atoms with Gasteiger partial charge in [-0.05, 0) is 35.9 Å². The second kappa shape index (κ2) is 9.53. The van der Waals surface area contributed by atoms with E-state index in [0.717, 1.165) is 11.3 Å². The Morgan fingerprint density at radius 1 is 1.11 bits per heavy atom. The number of ether oxygens (including phenoxy) is 1. The van der Waals surface area contributed by atoms with Crippen molar-refractivity contribution in [2.75, 3.05) is 38.2 Å². The molecule has 1 fully saturated rings. The number of hydrogen-bond acceptors (Lipinski definition) is 5. The van der Waals surface area contributed by atoms with E-state index in [9.17, 15) is 9.59 Å². The smallest absolute Gasteiger partial charge is 0.254 e. The Labute approximate surface area is 163 Å². The molecule has 0 atom stereocenters. The molecule has 1 saturated heterocycles. The maximum atomic E-state index is 12.4. The molecule has 0 radical (unpaired) electrons. The number of anilines is 1. The summed E-state index contributed by atoms with van der Waals surface area (Å²) in [6.45, 7) is 2.87. The van der Waals surface area contributed by atoms with Crippen LogP contribution >= 0.6 is 0 Å². The molecule has 2 aromatic rings. The van der Waals surface area contributed by atoms with Gasteiger partial charge in [0.25, 0.3) is 5.91 Å². The van der Waals surface area contributed by atoms with E-state index in [-0.39, 0.29) is 18.4 Å². The predicted octanol–water partition coefficient (Wildman–Crippen LogP) is 1.76. The maximum absolute atomic E-state index is 12.4. The molecule has 2 amide bonds. The first kappa shape index (κ1) is 19.4. The Hall–Kier alpha value is -3.37. The Morgan fingerprint density at radius 3 is 2.57 bits per heavy atom. The summed E-state index contributed by atoms with van der Waals surface area (Å²) in [6, 6.07) is 16.3. The van der Waals surface area contributed by atoms with E-state index in [1.54, 1.807) is 41.3 Å². The minimum Gasteiger partial charge on any atom is -0.378 e. The third kappa shape index (κ3) is 5.32. The van der Waals surface area contributed by atoms with Crippen LogP contribution in [-0.4, -0.2) is 49.6 Å². The molecule has 0 spiro atoms. The molecule has 2 N–H and O–H groups in total. The highest BCUT2D eigenvalue weighted by atomic mass is 16.5. The van der Waals surface area contributed by atoms with Crippen LogP contribution in [0.2, 0.25) is 0 Å². The van der Waals surface area contributed by atoms with Gasteiger partial charge in [0.15, 0.2) is 0 Å². The summed E-state index contributed by atoms with van der Waals surface area (Å²) in [5.41, 5.74) is 2.81. The van der Waals surface area contributed by atoms with Crippen LogP contribution in [0.25, 0.3) is 0 Å².